The quantitative estimate of drug-likeness (QED) is 0.173. The molecule has 0 fully saturated rings. The first-order valence-corrected chi connectivity index (χ1v) is 17.1. The molecule has 3 heterocycles. The van der Waals surface area contributed by atoms with Gasteiger partial charge in [-0.15, -0.1) is 0 Å². The molecule has 0 aliphatic rings. The van der Waals surface area contributed by atoms with Crippen LogP contribution < -0.4 is 0 Å². The SMILES string of the molecule is C=Cc1c(/C=C\C)oc2c(-c3ccc(-c4ccccc4-c4cnc5c6ccccc6c6ccccc6c5n4)cc3)c3c(cc12)oc1ccccc13. The number of allylic oxidation sites excluding steroid dienone is 1. The molecule has 7 aromatic carbocycles. The number of furan rings is 2. The van der Waals surface area contributed by atoms with Gasteiger partial charge in [0.2, 0.25) is 0 Å². The molecule has 0 atom stereocenters. The number of fused-ring (bicyclic) bond motifs is 10. The second kappa shape index (κ2) is 11.4. The van der Waals surface area contributed by atoms with E-state index in [1.54, 1.807) is 0 Å². The molecule has 0 saturated carbocycles. The molecular weight excluding hydrogens is 625 g/mol. The number of para-hydroxylation sites is 1. The second-order valence-corrected chi connectivity index (χ2v) is 12.9. The van der Waals surface area contributed by atoms with Gasteiger partial charge in [0.05, 0.1) is 22.9 Å². The van der Waals surface area contributed by atoms with Crippen LogP contribution in [0.1, 0.15) is 18.2 Å². The summed E-state index contributed by atoms with van der Waals surface area (Å²) in [4.78, 5) is 10.3. The molecule has 0 spiro atoms. The van der Waals surface area contributed by atoms with Gasteiger partial charge in [0.1, 0.15) is 22.5 Å². The minimum atomic E-state index is 0.781. The molecule has 4 nitrogen and oxygen atoms in total. The van der Waals surface area contributed by atoms with Crippen molar-refractivity contribution in [1.82, 2.24) is 9.97 Å². The summed E-state index contributed by atoms with van der Waals surface area (Å²) in [5, 5.41) is 7.65. The molecule has 10 aromatic rings. The van der Waals surface area contributed by atoms with Crippen LogP contribution in [0.5, 0.6) is 0 Å². The van der Waals surface area contributed by atoms with Crippen molar-refractivity contribution in [3.8, 4) is 33.5 Å². The standard InChI is InChI=1S/C47H30N2O2/c1-3-13-40-30(4-2)38-26-42-44(37-20-11-12-21-41(37)50-42)43(47(38)51-40)29-24-22-28(23-25-29)31-14-5-8-17-34(31)39-27-48-45-35-18-9-6-15-32(35)33-16-7-10-19-36(33)46(45)49-39/h3-27H,2H2,1H3/b13-3-. The molecule has 3 aromatic heterocycles. The molecule has 0 N–H and O–H groups in total. The molecule has 0 amide bonds. The number of hydrogen-bond donors (Lipinski definition) is 0. The number of benzene rings is 7. The molecule has 0 bridgehead atoms. The van der Waals surface area contributed by atoms with Gasteiger partial charge in [0.15, 0.2) is 0 Å². The summed E-state index contributed by atoms with van der Waals surface area (Å²) in [6.45, 7) is 6.10. The van der Waals surface area contributed by atoms with Crippen molar-refractivity contribution in [3.05, 3.63) is 158 Å². The van der Waals surface area contributed by atoms with Crippen LogP contribution >= 0.6 is 0 Å². The largest absolute Gasteiger partial charge is 0.456 e. The van der Waals surface area contributed by atoms with E-state index in [2.05, 4.69) is 122 Å². The highest BCUT2D eigenvalue weighted by atomic mass is 16.3. The van der Waals surface area contributed by atoms with Gasteiger partial charge in [0, 0.05) is 43.6 Å². The lowest BCUT2D eigenvalue weighted by Crippen LogP contribution is -1.94. The Bertz CT molecular complexity index is 3020. The lowest BCUT2D eigenvalue weighted by Gasteiger charge is -2.13. The fourth-order valence-electron chi connectivity index (χ4n) is 7.76. The number of aromatic nitrogens is 2. The van der Waals surface area contributed by atoms with Crippen LogP contribution in [0.2, 0.25) is 0 Å². The second-order valence-electron chi connectivity index (χ2n) is 12.9. The molecule has 0 unspecified atom stereocenters. The molecule has 240 valence electrons. The summed E-state index contributed by atoms with van der Waals surface area (Å²) in [6, 6.07) is 44.3. The summed E-state index contributed by atoms with van der Waals surface area (Å²) < 4.78 is 13.0. The minimum absolute atomic E-state index is 0.781. The van der Waals surface area contributed by atoms with Gasteiger partial charge in [-0.2, -0.15) is 0 Å². The first-order valence-electron chi connectivity index (χ1n) is 17.1. The summed E-state index contributed by atoms with van der Waals surface area (Å²) in [6.07, 6.45) is 7.75. The molecule has 10 rings (SSSR count). The van der Waals surface area contributed by atoms with Crippen molar-refractivity contribution in [2.45, 2.75) is 6.92 Å². The average molecular weight is 655 g/mol. The fraction of sp³-hybridized carbons (Fsp3) is 0.0213. The summed E-state index contributed by atoms with van der Waals surface area (Å²) >= 11 is 0. The molecule has 0 aliphatic heterocycles. The average Bonchev–Trinajstić information content (AvgIpc) is 3.74. The Morgan fingerprint density at radius 1 is 0.588 bits per heavy atom. The summed E-state index contributed by atoms with van der Waals surface area (Å²) in [7, 11) is 0. The van der Waals surface area contributed by atoms with Gasteiger partial charge in [0.25, 0.3) is 0 Å². The Labute approximate surface area is 293 Å². The van der Waals surface area contributed by atoms with Crippen LogP contribution in [0.15, 0.2) is 155 Å². The number of rotatable bonds is 5. The third-order valence-electron chi connectivity index (χ3n) is 10.0. The lowest BCUT2D eigenvalue weighted by atomic mass is 9.93. The monoisotopic (exact) mass is 654 g/mol. The smallest absolute Gasteiger partial charge is 0.144 e. The van der Waals surface area contributed by atoms with Crippen LogP contribution in [-0.4, -0.2) is 9.97 Å². The summed E-state index contributed by atoms with van der Waals surface area (Å²) in [5.74, 6) is 0.781. The van der Waals surface area contributed by atoms with E-state index in [9.17, 15) is 0 Å². The fourth-order valence-corrected chi connectivity index (χ4v) is 7.76. The van der Waals surface area contributed by atoms with Crippen LogP contribution in [0.3, 0.4) is 0 Å². The van der Waals surface area contributed by atoms with Crippen LogP contribution in [0.4, 0.5) is 0 Å². The van der Waals surface area contributed by atoms with Crippen molar-refractivity contribution in [2.75, 3.05) is 0 Å². The predicted molar refractivity (Wildman–Crippen MR) is 213 cm³/mol. The van der Waals surface area contributed by atoms with Crippen molar-refractivity contribution in [2.24, 2.45) is 0 Å². The minimum Gasteiger partial charge on any atom is -0.456 e. The lowest BCUT2D eigenvalue weighted by molar-refractivity contribution is 0.604. The van der Waals surface area contributed by atoms with Gasteiger partial charge < -0.3 is 8.83 Å². The maximum absolute atomic E-state index is 6.61. The molecule has 0 aliphatic carbocycles. The summed E-state index contributed by atoms with van der Waals surface area (Å²) in [5.41, 5.74) is 11.3. The van der Waals surface area contributed by atoms with Gasteiger partial charge >= 0.3 is 0 Å². The topological polar surface area (TPSA) is 52.1 Å². The van der Waals surface area contributed by atoms with Crippen LogP contribution in [0.25, 0.3) is 111 Å². The van der Waals surface area contributed by atoms with E-state index in [4.69, 9.17) is 18.8 Å². The highest BCUT2D eigenvalue weighted by molar-refractivity contribution is 6.23. The van der Waals surface area contributed by atoms with E-state index in [1.165, 1.54) is 10.8 Å². The zero-order chi connectivity index (χ0) is 34.1. The molecule has 0 saturated heterocycles. The normalized spacial score (nSPS) is 12.0. The van der Waals surface area contributed by atoms with E-state index >= 15 is 0 Å². The van der Waals surface area contributed by atoms with Gasteiger partial charge in [-0.05, 0) is 52.6 Å². The van der Waals surface area contributed by atoms with Gasteiger partial charge in [-0.25, -0.2) is 4.98 Å². The third-order valence-corrected chi connectivity index (χ3v) is 10.0. The highest BCUT2D eigenvalue weighted by Crippen LogP contribution is 2.45. The number of hydrogen-bond acceptors (Lipinski definition) is 4. The predicted octanol–water partition coefficient (Wildman–Crippen LogP) is 13.3. The maximum Gasteiger partial charge on any atom is 0.144 e. The van der Waals surface area contributed by atoms with Crippen molar-refractivity contribution < 1.29 is 8.83 Å². The van der Waals surface area contributed by atoms with Gasteiger partial charge in [-0.1, -0.05) is 134 Å². The van der Waals surface area contributed by atoms with E-state index < -0.39 is 0 Å². The zero-order valence-electron chi connectivity index (χ0n) is 27.9. The Balaban J connectivity index is 1.15. The molecule has 0 radical (unpaired) electrons. The van der Waals surface area contributed by atoms with Crippen molar-refractivity contribution in [3.63, 3.8) is 0 Å². The first kappa shape index (κ1) is 29.2. The Hall–Kier alpha value is -6.78. The molecule has 4 heteroatoms. The van der Waals surface area contributed by atoms with E-state index in [1.807, 2.05) is 43.5 Å². The highest BCUT2D eigenvalue weighted by Gasteiger charge is 2.22. The zero-order valence-corrected chi connectivity index (χ0v) is 27.9. The molecular formula is C47H30N2O2. The van der Waals surface area contributed by atoms with Crippen LogP contribution in [0, 0.1) is 0 Å². The van der Waals surface area contributed by atoms with Gasteiger partial charge in [-0.3, -0.25) is 4.98 Å². The Morgan fingerprint density at radius 2 is 1.22 bits per heavy atom. The molecule has 51 heavy (non-hydrogen) atoms. The number of nitrogens with zero attached hydrogens (tertiary/aromatic N) is 2. The van der Waals surface area contributed by atoms with E-state index in [0.29, 0.717) is 0 Å². The van der Waals surface area contributed by atoms with Crippen molar-refractivity contribution >= 4 is 77.6 Å². The first-order chi connectivity index (χ1) is 25.2. The maximum atomic E-state index is 6.61. The van der Waals surface area contributed by atoms with E-state index in [-0.39, 0.29) is 0 Å². The van der Waals surface area contributed by atoms with Crippen molar-refractivity contribution in [1.29, 1.82) is 0 Å². The Morgan fingerprint density at radius 3 is 1.94 bits per heavy atom. The van der Waals surface area contributed by atoms with E-state index in [0.717, 1.165) is 99.5 Å². The van der Waals surface area contributed by atoms with Crippen LogP contribution in [-0.2, 0) is 0 Å². The Kier molecular flexibility index (Phi) is 6.52. The third kappa shape index (κ3) is 4.40.